The topological polar surface area (TPSA) is 34.1 Å². The number of thiophene rings is 1. The summed E-state index contributed by atoms with van der Waals surface area (Å²) in [5.74, 6) is -0.201. The second kappa shape index (κ2) is 4.45. The van der Waals surface area contributed by atoms with Crippen LogP contribution < -0.4 is 0 Å². The van der Waals surface area contributed by atoms with Gasteiger partial charge in [0.1, 0.15) is 5.78 Å². The van der Waals surface area contributed by atoms with Crippen LogP contribution in [0.4, 0.5) is 0 Å². The van der Waals surface area contributed by atoms with Crippen LogP contribution in [0, 0.1) is 5.41 Å². The number of carbonyl (C=O) groups is 2. The average molecular weight is 245 g/mol. The van der Waals surface area contributed by atoms with Gasteiger partial charge in [-0.2, -0.15) is 0 Å². The van der Waals surface area contributed by atoms with Crippen molar-refractivity contribution in [2.24, 2.45) is 5.41 Å². The smallest absolute Gasteiger partial charge is 0.171 e. The van der Waals surface area contributed by atoms with Crippen molar-refractivity contribution in [1.29, 1.82) is 0 Å². The van der Waals surface area contributed by atoms with Crippen LogP contribution in [-0.2, 0) is 4.79 Å². The highest BCUT2D eigenvalue weighted by Gasteiger charge is 2.24. The van der Waals surface area contributed by atoms with Crippen LogP contribution in [-0.4, -0.2) is 11.6 Å². The van der Waals surface area contributed by atoms with E-state index in [9.17, 15) is 9.59 Å². The van der Waals surface area contributed by atoms with Gasteiger partial charge in [-0.05, 0) is 6.07 Å². The summed E-state index contributed by atoms with van der Waals surface area (Å²) < 4.78 is 0.571. The first-order chi connectivity index (χ1) is 6.80. The summed E-state index contributed by atoms with van der Waals surface area (Å²) in [6.45, 7) is 5.43. The van der Waals surface area contributed by atoms with E-state index in [-0.39, 0.29) is 18.0 Å². The fourth-order valence-electron chi connectivity index (χ4n) is 0.969. The first kappa shape index (κ1) is 12.4. The van der Waals surface area contributed by atoms with E-state index in [0.29, 0.717) is 9.90 Å². The molecule has 0 aliphatic heterocycles. The Balaban J connectivity index is 2.69. The highest BCUT2D eigenvalue weighted by Crippen LogP contribution is 2.23. The zero-order chi connectivity index (χ0) is 11.6. The van der Waals surface area contributed by atoms with Crippen molar-refractivity contribution in [1.82, 2.24) is 0 Å². The molecule has 0 aliphatic rings. The van der Waals surface area contributed by atoms with E-state index < -0.39 is 5.41 Å². The maximum atomic E-state index is 11.6. The molecular weight excluding hydrogens is 232 g/mol. The van der Waals surface area contributed by atoms with E-state index in [1.165, 1.54) is 11.3 Å². The molecule has 0 saturated carbocycles. The molecule has 0 fully saturated rings. The van der Waals surface area contributed by atoms with E-state index in [4.69, 9.17) is 11.6 Å². The summed E-state index contributed by atoms with van der Waals surface area (Å²) in [6.07, 6.45) is -0.0451. The SMILES string of the molecule is CC(C)(C)C(=O)CC(=O)c1csc(Cl)c1. The van der Waals surface area contributed by atoms with Crippen molar-refractivity contribution in [2.45, 2.75) is 27.2 Å². The zero-order valence-corrected chi connectivity index (χ0v) is 10.5. The lowest BCUT2D eigenvalue weighted by molar-refractivity contribution is -0.125. The molecule has 4 heteroatoms. The minimum atomic E-state index is -0.463. The number of halogens is 1. The quantitative estimate of drug-likeness (QED) is 0.602. The molecule has 0 amide bonds. The molecule has 2 nitrogen and oxygen atoms in total. The third kappa shape index (κ3) is 3.43. The minimum Gasteiger partial charge on any atom is -0.299 e. The van der Waals surface area contributed by atoms with Crippen molar-refractivity contribution in [3.8, 4) is 0 Å². The Morgan fingerprint density at radius 3 is 2.40 bits per heavy atom. The first-order valence-electron chi connectivity index (χ1n) is 4.61. The number of carbonyl (C=O) groups excluding carboxylic acids is 2. The lowest BCUT2D eigenvalue weighted by atomic mass is 9.87. The second-order valence-electron chi connectivity index (χ2n) is 4.41. The van der Waals surface area contributed by atoms with Gasteiger partial charge in [0, 0.05) is 16.4 Å². The van der Waals surface area contributed by atoms with E-state index in [0.717, 1.165) is 0 Å². The Labute approximate surface area is 98.3 Å². The maximum Gasteiger partial charge on any atom is 0.171 e. The predicted molar refractivity (Wildman–Crippen MR) is 62.7 cm³/mol. The van der Waals surface area contributed by atoms with Crippen molar-refractivity contribution < 1.29 is 9.59 Å². The number of Topliss-reactive ketones (excluding diaryl/α,β-unsaturated/α-hetero) is 2. The van der Waals surface area contributed by atoms with E-state index in [2.05, 4.69) is 0 Å². The highest BCUT2D eigenvalue weighted by molar-refractivity contribution is 7.14. The van der Waals surface area contributed by atoms with Crippen LogP contribution in [0.2, 0.25) is 4.34 Å². The maximum absolute atomic E-state index is 11.6. The molecule has 1 aromatic rings. The predicted octanol–water partition coefficient (Wildman–Crippen LogP) is 3.59. The molecule has 0 unspecified atom stereocenters. The highest BCUT2D eigenvalue weighted by atomic mass is 35.5. The van der Waals surface area contributed by atoms with Gasteiger partial charge in [0.25, 0.3) is 0 Å². The van der Waals surface area contributed by atoms with Gasteiger partial charge in [-0.3, -0.25) is 9.59 Å². The van der Waals surface area contributed by atoms with Crippen LogP contribution >= 0.6 is 22.9 Å². The van der Waals surface area contributed by atoms with E-state index >= 15 is 0 Å². The Morgan fingerprint density at radius 1 is 1.40 bits per heavy atom. The molecule has 0 radical (unpaired) electrons. The minimum absolute atomic E-state index is 0.0451. The van der Waals surface area contributed by atoms with E-state index in [1.807, 2.05) is 20.8 Å². The summed E-state index contributed by atoms with van der Waals surface area (Å²) >= 11 is 7.01. The molecule has 0 atom stereocenters. The summed E-state index contributed by atoms with van der Waals surface area (Å²) in [5, 5.41) is 1.68. The van der Waals surface area contributed by atoms with Gasteiger partial charge < -0.3 is 0 Å². The Hall–Kier alpha value is -0.670. The van der Waals surface area contributed by atoms with Crippen LogP contribution in [0.15, 0.2) is 11.4 Å². The van der Waals surface area contributed by atoms with Gasteiger partial charge in [0.05, 0.1) is 10.8 Å². The fraction of sp³-hybridized carbons (Fsp3) is 0.455. The van der Waals surface area contributed by atoms with Crippen LogP contribution in [0.1, 0.15) is 37.6 Å². The van der Waals surface area contributed by atoms with Gasteiger partial charge in [-0.1, -0.05) is 32.4 Å². The van der Waals surface area contributed by atoms with Gasteiger partial charge in [-0.25, -0.2) is 0 Å². The molecule has 1 aromatic heterocycles. The molecule has 1 heterocycles. The molecule has 0 saturated heterocycles. The summed E-state index contributed by atoms with van der Waals surface area (Å²) in [6, 6.07) is 1.60. The first-order valence-corrected chi connectivity index (χ1v) is 5.87. The Morgan fingerprint density at radius 2 is 2.00 bits per heavy atom. The van der Waals surface area contributed by atoms with Gasteiger partial charge in [-0.15, -0.1) is 11.3 Å². The van der Waals surface area contributed by atoms with Crippen LogP contribution in [0.25, 0.3) is 0 Å². The number of ketones is 2. The lowest BCUT2D eigenvalue weighted by Crippen LogP contribution is -2.22. The van der Waals surface area contributed by atoms with Crippen LogP contribution in [0.5, 0.6) is 0 Å². The molecule has 15 heavy (non-hydrogen) atoms. The molecule has 0 N–H and O–H groups in total. The molecule has 82 valence electrons. The number of hydrogen-bond acceptors (Lipinski definition) is 3. The van der Waals surface area contributed by atoms with Gasteiger partial charge in [0.15, 0.2) is 5.78 Å². The Bertz CT molecular complexity index is 388. The van der Waals surface area contributed by atoms with Crippen molar-refractivity contribution in [2.75, 3.05) is 0 Å². The standard InChI is InChI=1S/C11H13ClO2S/c1-11(2,3)9(14)5-8(13)7-4-10(12)15-6-7/h4,6H,5H2,1-3H3. The lowest BCUT2D eigenvalue weighted by Gasteiger charge is -2.15. The third-order valence-corrected chi connectivity index (χ3v) is 3.14. The van der Waals surface area contributed by atoms with Crippen molar-refractivity contribution >= 4 is 34.5 Å². The second-order valence-corrected chi connectivity index (χ2v) is 5.96. The van der Waals surface area contributed by atoms with E-state index in [1.54, 1.807) is 11.4 Å². The number of rotatable bonds is 3. The van der Waals surface area contributed by atoms with Crippen molar-refractivity contribution in [3.63, 3.8) is 0 Å². The molecule has 0 bridgehead atoms. The normalized spacial score (nSPS) is 11.5. The summed E-state index contributed by atoms with van der Waals surface area (Å²) in [4.78, 5) is 23.2. The fourth-order valence-corrected chi connectivity index (χ4v) is 1.85. The van der Waals surface area contributed by atoms with Gasteiger partial charge >= 0.3 is 0 Å². The average Bonchev–Trinajstić information content (AvgIpc) is 2.50. The molecule has 0 aromatic carbocycles. The zero-order valence-electron chi connectivity index (χ0n) is 8.96. The largest absolute Gasteiger partial charge is 0.299 e. The molecule has 1 rings (SSSR count). The Kier molecular flexibility index (Phi) is 3.68. The van der Waals surface area contributed by atoms with Crippen LogP contribution in [0.3, 0.4) is 0 Å². The summed E-state index contributed by atoms with van der Waals surface area (Å²) in [7, 11) is 0. The van der Waals surface area contributed by atoms with Gasteiger partial charge in [0.2, 0.25) is 0 Å². The summed E-state index contributed by atoms with van der Waals surface area (Å²) in [5.41, 5.74) is 0.0674. The molecular formula is C11H13ClO2S. The monoisotopic (exact) mass is 244 g/mol. The third-order valence-electron chi connectivity index (χ3n) is 2.05. The molecule has 0 aliphatic carbocycles. The molecule has 0 spiro atoms. The van der Waals surface area contributed by atoms with Crippen molar-refractivity contribution in [3.05, 3.63) is 21.3 Å². The number of hydrogen-bond donors (Lipinski definition) is 0.